The number of aliphatic carboxylic acids is 1. The molecule has 0 bridgehead atoms. The second kappa shape index (κ2) is 7.02. The van der Waals surface area contributed by atoms with Crippen LogP contribution in [0.15, 0.2) is 0 Å². The van der Waals surface area contributed by atoms with Gasteiger partial charge in [0.2, 0.25) is 0 Å². The number of aliphatic hydroxyl groups is 2. The average Bonchev–Trinajstić information content (AvgIpc) is 1.97. The van der Waals surface area contributed by atoms with Gasteiger partial charge < -0.3 is 20.6 Å². The molecule has 0 saturated carbocycles. The van der Waals surface area contributed by atoms with E-state index in [1.54, 1.807) is 0 Å². The van der Waals surface area contributed by atoms with Gasteiger partial charge in [0.1, 0.15) is 0 Å². The summed E-state index contributed by atoms with van der Waals surface area (Å²) in [5, 5.41) is 28.5. The van der Waals surface area contributed by atoms with Crippen molar-refractivity contribution in [2.45, 2.75) is 18.9 Å². The van der Waals surface area contributed by atoms with E-state index in [0.717, 1.165) is 0 Å². The van der Waals surface area contributed by atoms with Crippen molar-refractivity contribution in [3.63, 3.8) is 0 Å². The quantitative estimate of drug-likeness (QED) is 0.366. The summed E-state index contributed by atoms with van der Waals surface area (Å²) in [7, 11) is 0. The lowest BCUT2D eigenvalue weighted by Gasteiger charge is -2.08. The van der Waals surface area contributed by atoms with Crippen molar-refractivity contribution < 1.29 is 20.1 Å². The van der Waals surface area contributed by atoms with E-state index in [-0.39, 0.29) is 19.6 Å². The summed E-state index contributed by atoms with van der Waals surface area (Å²) in [6.45, 7) is 0.946. The Balaban J connectivity index is 3.19. The largest absolute Gasteiger partial charge is 0.481 e. The molecule has 5 heteroatoms. The molecule has 5 nitrogen and oxygen atoms in total. The number of aliphatic hydroxyl groups excluding tert-OH is 2. The van der Waals surface area contributed by atoms with Gasteiger partial charge in [-0.05, 0) is 13.0 Å². The van der Waals surface area contributed by atoms with Crippen LogP contribution in [0.4, 0.5) is 0 Å². The fourth-order valence-corrected chi connectivity index (χ4v) is 0.746. The predicted octanol–water partition coefficient (Wildman–Crippen LogP) is -1.21. The maximum absolute atomic E-state index is 10.1. The first kappa shape index (κ1) is 11.4. The van der Waals surface area contributed by atoms with Crippen LogP contribution < -0.4 is 5.32 Å². The number of carboxylic acids is 1. The van der Waals surface area contributed by atoms with Crippen molar-refractivity contribution in [1.29, 1.82) is 0 Å². The average molecular weight is 177 g/mol. The Bertz CT molecular complexity index is 129. The highest BCUT2D eigenvalue weighted by atomic mass is 16.4. The first-order chi connectivity index (χ1) is 5.66. The lowest BCUT2D eigenvalue weighted by atomic mass is 10.2. The minimum Gasteiger partial charge on any atom is -0.481 e. The van der Waals surface area contributed by atoms with Crippen LogP contribution >= 0.6 is 0 Å². The molecule has 0 aliphatic carbocycles. The summed E-state index contributed by atoms with van der Waals surface area (Å²) < 4.78 is 0. The summed E-state index contributed by atoms with van der Waals surface area (Å²) in [4.78, 5) is 10.1. The zero-order valence-electron chi connectivity index (χ0n) is 6.86. The Hall–Kier alpha value is -0.650. The second-order valence-electron chi connectivity index (χ2n) is 2.53. The van der Waals surface area contributed by atoms with Crippen molar-refractivity contribution in [3.8, 4) is 0 Å². The van der Waals surface area contributed by atoms with Crippen LogP contribution in [0, 0.1) is 0 Å². The van der Waals surface area contributed by atoms with Gasteiger partial charge in [0.15, 0.2) is 0 Å². The molecule has 0 fully saturated rings. The number of carbonyl (C=O) groups is 1. The van der Waals surface area contributed by atoms with Crippen LogP contribution in [0.3, 0.4) is 0 Å². The van der Waals surface area contributed by atoms with Gasteiger partial charge in [-0.25, -0.2) is 0 Å². The van der Waals surface area contributed by atoms with Crippen molar-refractivity contribution in [1.82, 2.24) is 5.32 Å². The van der Waals surface area contributed by atoms with Gasteiger partial charge in [0.05, 0.1) is 12.5 Å². The van der Waals surface area contributed by atoms with Crippen molar-refractivity contribution in [3.05, 3.63) is 0 Å². The topological polar surface area (TPSA) is 89.8 Å². The smallest absolute Gasteiger partial charge is 0.306 e. The van der Waals surface area contributed by atoms with E-state index in [9.17, 15) is 4.79 Å². The number of hydrogen-bond acceptors (Lipinski definition) is 4. The molecule has 0 aromatic heterocycles. The van der Waals surface area contributed by atoms with E-state index in [1.807, 2.05) is 0 Å². The highest BCUT2D eigenvalue weighted by Gasteiger charge is 2.07. The van der Waals surface area contributed by atoms with E-state index >= 15 is 0 Å². The van der Waals surface area contributed by atoms with Crippen LogP contribution in [0.2, 0.25) is 0 Å². The molecule has 0 aromatic carbocycles. The third-order valence-corrected chi connectivity index (χ3v) is 1.30. The number of carboxylic acid groups (broad SMARTS) is 1. The molecular formula is C7H15NO4. The molecule has 0 spiro atoms. The van der Waals surface area contributed by atoms with Gasteiger partial charge in [-0.2, -0.15) is 0 Å². The Morgan fingerprint density at radius 1 is 1.50 bits per heavy atom. The Kier molecular flexibility index (Phi) is 6.64. The van der Waals surface area contributed by atoms with Gasteiger partial charge in [0.25, 0.3) is 0 Å². The van der Waals surface area contributed by atoms with E-state index in [0.29, 0.717) is 13.0 Å². The molecule has 0 aliphatic rings. The highest BCUT2D eigenvalue weighted by molar-refractivity contribution is 5.67. The van der Waals surface area contributed by atoms with Crippen LogP contribution in [0.25, 0.3) is 0 Å². The molecule has 0 aliphatic heterocycles. The SMILES string of the molecule is O=C(O)CC(O)CNCCCO. The lowest BCUT2D eigenvalue weighted by molar-refractivity contribution is -0.139. The van der Waals surface area contributed by atoms with Gasteiger partial charge in [0, 0.05) is 13.2 Å². The van der Waals surface area contributed by atoms with Crippen molar-refractivity contribution in [2.24, 2.45) is 0 Å². The zero-order chi connectivity index (χ0) is 9.40. The monoisotopic (exact) mass is 177 g/mol. The highest BCUT2D eigenvalue weighted by Crippen LogP contribution is 1.88. The third-order valence-electron chi connectivity index (χ3n) is 1.30. The van der Waals surface area contributed by atoms with Gasteiger partial charge in [-0.3, -0.25) is 4.79 Å². The molecule has 72 valence electrons. The summed E-state index contributed by atoms with van der Waals surface area (Å²) >= 11 is 0. The fourth-order valence-electron chi connectivity index (χ4n) is 0.746. The van der Waals surface area contributed by atoms with E-state index in [4.69, 9.17) is 15.3 Å². The number of hydrogen-bond donors (Lipinski definition) is 4. The first-order valence-corrected chi connectivity index (χ1v) is 3.88. The van der Waals surface area contributed by atoms with Gasteiger partial charge in [-0.1, -0.05) is 0 Å². The van der Waals surface area contributed by atoms with Crippen LogP contribution in [0.5, 0.6) is 0 Å². The van der Waals surface area contributed by atoms with Crippen molar-refractivity contribution >= 4 is 5.97 Å². The normalized spacial score (nSPS) is 12.8. The molecule has 1 unspecified atom stereocenters. The minimum absolute atomic E-state index is 0.0992. The van der Waals surface area contributed by atoms with E-state index < -0.39 is 12.1 Å². The first-order valence-electron chi connectivity index (χ1n) is 3.88. The molecule has 0 radical (unpaired) electrons. The minimum atomic E-state index is -1.01. The molecule has 1 atom stereocenters. The molecule has 4 N–H and O–H groups in total. The Morgan fingerprint density at radius 3 is 2.67 bits per heavy atom. The zero-order valence-corrected chi connectivity index (χ0v) is 6.86. The van der Waals surface area contributed by atoms with Gasteiger partial charge in [-0.15, -0.1) is 0 Å². The molecular weight excluding hydrogens is 162 g/mol. The maximum Gasteiger partial charge on any atom is 0.306 e. The summed E-state index contributed by atoms with van der Waals surface area (Å²) in [6, 6.07) is 0. The summed E-state index contributed by atoms with van der Waals surface area (Å²) in [5.74, 6) is -1.01. The van der Waals surface area contributed by atoms with Gasteiger partial charge >= 0.3 is 5.97 Å². The van der Waals surface area contributed by atoms with E-state index in [1.165, 1.54) is 0 Å². The molecule has 0 amide bonds. The standard InChI is InChI=1S/C7H15NO4/c9-3-1-2-8-5-6(10)4-7(11)12/h6,8-10H,1-5H2,(H,11,12). The lowest BCUT2D eigenvalue weighted by Crippen LogP contribution is -2.29. The van der Waals surface area contributed by atoms with E-state index in [2.05, 4.69) is 5.32 Å². The summed E-state index contributed by atoms with van der Waals surface area (Å²) in [6.07, 6.45) is -0.479. The van der Waals surface area contributed by atoms with Crippen LogP contribution in [0.1, 0.15) is 12.8 Å². The molecule has 0 rings (SSSR count). The number of rotatable bonds is 7. The van der Waals surface area contributed by atoms with Crippen LogP contribution in [-0.2, 0) is 4.79 Å². The maximum atomic E-state index is 10.1. The predicted molar refractivity (Wildman–Crippen MR) is 42.8 cm³/mol. The Labute approximate surface area is 71.0 Å². The second-order valence-corrected chi connectivity index (χ2v) is 2.53. The molecule has 0 heterocycles. The third kappa shape index (κ3) is 7.46. The van der Waals surface area contributed by atoms with Crippen molar-refractivity contribution in [2.75, 3.05) is 19.7 Å². The Morgan fingerprint density at radius 2 is 2.17 bits per heavy atom. The summed E-state index contributed by atoms with van der Waals surface area (Å²) in [5.41, 5.74) is 0. The fraction of sp³-hybridized carbons (Fsp3) is 0.857. The van der Waals surface area contributed by atoms with Crippen LogP contribution in [-0.4, -0.2) is 47.1 Å². The molecule has 0 saturated heterocycles. The number of nitrogens with one attached hydrogen (secondary N) is 1. The molecule has 12 heavy (non-hydrogen) atoms. The molecule has 0 aromatic rings.